The van der Waals surface area contributed by atoms with Gasteiger partial charge in [-0.05, 0) is 65.7 Å². The molecule has 0 unspecified atom stereocenters. The van der Waals surface area contributed by atoms with Crippen molar-refractivity contribution in [2.45, 2.75) is 13.5 Å². The third-order valence-electron chi connectivity index (χ3n) is 6.18. The molecule has 190 valence electrons. The Labute approximate surface area is 236 Å². The van der Waals surface area contributed by atoms with Gasteiger partial charge < -0.3 is 4.74 Å². The van der Waals surface area contributed by atoms with E-state index in [2.05, 4.69) is 27.3 Å². The SMILES string of the molecule is Cc1ccc2ccccc2c1COc1ccc(Br)cc1/C=C1\C(=O)NC(=O)N(c2ccc(Cl)c(Cl)c2)C1=O. The molecule has 4 amide bonds. The summed E-state index contributed by atoms with van der Waals surface area (Å²) in [6.07, 6.45) is 1.41. The van der Waals surface area contributed by atoms with E-state index in [1.807, 2.05) is 43.3 Å². The van der Waals surface area contributed by atoms with Gasteiger partial charge in [0.1, 0.15) is 17.9 Å². The van der Waals surface area contributed by atoms with E-state index in [4.69, 9.17) is 27.9 Å². The van der Waals surface area contributed by atoms with Crippen LogP contribution >= 0.6 is 39.1 Å². The molecular formula is C29H19BrCl2N2O4. The molecule has 0 spiro atoms. The fraction of sp³-hybridized carbons (Fsp3) is 0.0690. The molecule has 1 saturated heterocycles. The number of ether oxygens (including phenoxy) is 1. The molecule has 1 N–H and O–H groups in total. The zero-order valence-electron chi connectivity index (χ0n) is 19.9. The Morgan fingerprint density at radius 3 is 2.53 bits per heavy atom. The van der Waals surface area contributed by atoms with E-state index >= 15 is 0 Å². The maximum atomic E-state index is 13.4. The molecular weight excluding hydrogens is 591 g/mol. The molecule has 4 aromatic carbocycles. The zero-order valence-corrected chi connectivity index (χ0v) is 23.0. The summed E-state index contributed by atoms with van der Waals surface area (Å²) in [4.78, 5) is 39.5. The first-order chi connectivity index (χ1) is 18.2. The van der Waals surface area contributed by atoms with Crippen molar-refractivity contribution in [1.29, 1.82) is 0 Å². The van der Waals surface area contributed by atoms with Crippen LogP contribution in [0.2, 0.25) is 10.0 Å². The maximum absolute atomic E-state index is 13.4. The van der Waals surface area contributed by atoms with Crippen LogP contribution in [0.4, 0.5) is 10.5 Å². The number of urea groups is 1. The number of carbonyl (C=O) groups is 3. The highest BCUT2D eigenvalue weighted by Crippen LogP contribution is 2.32. The van der Waals surface area contributed by atoms with Crippen molar-refractivity contribution in [2.75, 3.05) is 4.90 Å². The monoisotopic (exact) mass is 608 g/mol. The molecule has 0 bridgehead atoms. The fourth-order valence-electron chi connectivity index (χ4n) is 4.22. The number of nitrogens with one attached hydrogen (secondary N) is 1. The average Bonchev–Trinajstić information content (AvgIpc) is 2.89. The van der Waals surface area contributed by atoms with Crippen LogP contribution in [0.25, 0.3) is 16.8 Å². The molecule has 1 heterocycles. The number of amides is 4. The molecule has 4 aromatic rings. The van der Waals surface area contributed by atoms with Gasteiger partial charge in [-0.15, -0.1) is 0 Å². The Kier molecular flexibility index (Phi) is 7.25. The zero-order chi connectivity index (χ0) is 27.0. The first-order valence-corrected chi connectivity index (χ1v) is 13.0. The Bertz CT molecular complexity index is 1670. The molecule has 0 atom stereocenters. The standard InChI is InChI=1S/C29H19BrCl2N2O4/c1-16-6-7-17-4-2-3-5-21(17)23(16)15-38-26-11-8-19(30)12-18(26)13-22-27(35)33-29(37)34(28(22)36)20-9-10-24(31)25(32)14-20/h2-14H,15H2,1H3,(H,33,35,37)/b22-13+. The highest BCUT2D eigenvalue weighted by atomic mass is 79.9. The average molecular weight is 610 g/mol. The molecule has 9 heteroatoms. The highest BCUT2D eigenvalue weighted by Gasteiger charge is 2.37. The molecule has 1 aliphatic heterocycles. The van der Waals surface area contributed by atoms with Crippen molar-refractivity contribution < 1.29 is 19.1 Å². The van der Waals surface area contributed by atoms with Crippen molar-refractivity contribution in [1.82, 2.24) is 5.32 Å². The van der Waals surface area contributed by atoms with Gasteiger partial charge in [-0.3, -0.25) is 14.9 Å². The summed E-state index contributed by atoms with van der Waals surface area (Å²) in [5, 5.41) is 4.83. The number of nitrogens with zero attached hydrogens (tertiary/aromatic N) is 1. The lowest BCUT2D eigenvalue weighted by molar-refractivity contribution is -0.122. The minimum atomic E-state index is -0.882. The second-order valence-corrected chi connectivity index (χ2v) is 10.3. The van der Waals surface area contributed by atoms with E-state index in [9.17, 15) is 14.4 Å². The van der Waals surface area contributed by atoms with Gasteiger partial charge in [0.05, 0.1) is 15.7 Å². The van der Waals surface area contributed by atoms with Crippen LogP contribution < -0.4 is 15.0 Å². The van der Waals surface area contributed by atoms with E-state index in [1.165, 1.54) is 24.3 Å². The quantitative estimate of drug-likeness (QED) is 0.188. The van der Waals surface area contributed by atoms with E-state index in [1.54, 1.807) is 12.1 Å². The second kappa shape index (κ2) is 10.6. The summed E-state index contributed by atoms with van der Waals surface area (Å²) < 4.78 is 6.94. The Hall–Kier alpha value is -3.65. The van der Waals surface area contributed by atoms with Crippen LogP contribution in [0.1, 0.15) is 16.7 Å². The van der Waals surface area contributed by atoms with Crippen LogP contribution in [0.15, 0.2) is 82.8 Å². The summed E-state index contributed by atoms with van der Waals surface area (Å²) in [5.41, 5.74) is 2.54. The number of benzene rings is 4. The van der Waals surface area contributed by atoms with Gasteiger partial charge >= 0.3 is 6.03 Å². The molecule has 1 fully saturated rings. The van der Waals surface area contributed by atoms with E-state index < -0.39 is 17.8 Å². The molecule has 0 saturated carbocycles. The Balaban J connectivity index is 1.50. The molecule has 0 aromatic heterocycles. The number of anilines is 1. The van der Waals surface area contributed by atoms with Gasteiger partial charge in [-0.25, -0.2) is 9.69 Å². The Morgan fingerprint density at radius 1 is 0.947 bits per heavy atom. The number of carbonyl (C=O) groups excluding carboxylic acids is 3. The summed E-state index contributed by atoms with van der Waals surface area (Å²) in [7, 11) is 0. The summed E-state index contributed by atoms with van der Waals surface area (Å²) in [5.74, 6) is -1.15. The smallest absolute Gasteiger partial charge is 0.335 e. The van der Waals surface area contributed by atoms with Crippen LogP contribution in [0.5, 0.6) is 5.75 Å². The maximum Gasteiger partial charge on any atom is 0.335 e. The first-order valence-electron chi connectivity index (χ1n) is 11.5. The summed E-state index contributed by atoms with van der Waals surface area (Å²) >= 11 is 15.5. The number of fused-ring (bicyclic) bond motifs is 1. The van der Waals surface area contributed by atoms with Crippen molar-refractivity contribution in [3.05, 3.63) is 110 Å². The third kappa shape index (κ3) is 5.05. The number of barbiturate groups is 1. The van der Waals surface area contributed by atoms with E-state index in [0.717, 1.165) is 31.3 Å². The third-order valence-corrected chi connectivity index (χ3v) is 7.41. The molecule has 1 aliphatic rings. The van der Waals surface area contributed by atoms with E-state index in [-0.39, 0.29) is 27.9 Å². The van der Waals surface area contributed by atoms with Gasteiger partial charge in [-0.2, -0.15) is 0 Å². The molecule has 0 aliphatic carbocycles. The molecule has 0 radical (unpaired) electrons. The van der Waals surface area contributed by atoms with Gasteiger partial charge in [0.2, 0.25) is 0 Å². The lowest BCUT2D eigenvalue weighted by Gasteiger charge is -2.26. The van der Waals surface area contributed by atoms with Gasteiger partial charge in [0, 0.05) is 15.6 Å². The number of hydrogen-bond acceptors (Lipinski definition) is 4. The lowest BCUT2D eigenvalue weighted by Crippen LogP contribution is -2.54. The van der Waals surface area contributed by atoms with Crippen molar-refractivity contribution in [2.24, 2.45) is 0 Å². The predicted molar refractivity (Wildman–Crippen MR) is 153 cm³/mol. The highest BCUT2D eigenvalue weighted by molar-refractivity contribution is 9.10. The van der Waals surface area contributed by atoms with Crippen LogP contribution in [-0.2, 0) is 16.2 Å². The summed E-state index contributed by atoms with van der Waals surface area (Å²) in [6, 6.07) is 20.9. The first kappa shape index (κ1) is 26.0. The summed E-state index contributed by atoms with van der Waals surface area (Å²) in [6.45, 7) is 2.30. The number of aryl methyl sites for hydroxylation is 1. The lowest BCUT2D eigenvalue weighted by atomic mass is 10.0. The van der Waals surface area contributed by atoms with Crippen molar-refractivity contribution in [3.63, 3.8) is 0 Å². The normalized spacial score (nSPS) is 14.8. The van der Waals surface area contributed by atoms with Gasteiger partial charge in [-0.1, -0.05) is 75.5 Å². The van der Waals surface area contributed by atoms with Crippen molar-refractivity contribution in [3.8, 4) is 5.75 Å². The predicted octanol–water partition coefficient (Wildman–Crippen LogP) is 7.46. The topological polar surface area (TPSA) is 75.7 Å². The minimum absolute atomic E-state index is 0.165. The molecule has 38 heavy (non-hydrogen) atoms. The molecule has 5 rings (SSSR count). The fourth-order valence-corrected chi connectivity index (χ4v) is 4.89. The Morgan fingerprint density at radius 2 is 1.74 bits per heavy atom. The van der Waals surface area contributed by atoms with Crippen LogP contribution in [0.3, 0.4) is 0 Å². The molecule has 6 nitrogen and oxygen atoms in total. The van der Waals surface area contributed by atoms with Crippen LogP contribution in [0, 0.1) is 6.92 Å². The van der Waals surface area contributed by atoms with Gasteiger partial charge in [0.25, 0.3) is 11.8 Å². The number of halogens is 3. The largest absolute Gasteiger partial charge is 0.488 e. The van der Waals surface area contributed by atoms with Crippen LogP contribution in [-0.4, -0.2) is 17.8 Å². The van der Waals surface area contributed by atoms with Crippen molar-refractivity contribution >= 4 is 79.5 Å². The number of hydrogen-bond donors (Lipinski definition) is 1. The van der Waals surface area contributed by atoms with E-state index in [0.29, 0.717) is 11.3 Å². The minimum Gasteiger partial charge on any atom is -0.488 e. The second-order valence-electron chi connectivity index (χ2n) is 8.61. The van der Waals surface area contributed by atoms with Gasteiger partial charge in [0.15, 0.2) is 0 Å². The number of imide groups is 2. The number of rotatable bonds is 5.